The van der Waals surface area contributed by atoms with E-state index in [2.05, 4.69) is 0 Å². The van der Waals surface area contributed by atoms with Gasteiger partial charge >= 0.3 is 0 Å². The zero-order valence-corrected chi connectivity index (χ0v) is 15.7. The molecule has 2 aromatic carbocycles. The Bertz CT molecular complexity index is 1190. The summed E-state index contributed by atoms with van der Waals surface area (Å²) in [4.78, 5) is 25.7. The molecule has 6 nitrogen and oxygen atoms in total. The van der Waals surface area contributed by atoms with Crippen LogP contribution in [0.3, 0.4) is 0 Å². The number of carbonyl (C=O) groups excluding carboxylic acids is 1. The number of methoxy groups -OCH3 is 3. The number of carbonyl (C=O) groups is 1. The van der Waals surface area contributed by atoms with Crippen LogP contribution in [0, 0.1) is 0 Å². The maximum Gasteiger partial charge on any atom is 0.200 e. The Labute approximate surface area is 160 Å². The maximum atomic E-state index is 12.9. The molecule has 1 heterocycles. The van der Waals surface area contributed by atoms with E-state index in [0.29, 0.717) is 51.3 Å². The van der Waals surface area contributed by atoms with Crippen molar-refractivity contribution in [3.63, 3.8) is 0 Å². The number of fused-ring (bicyclic) bond motifs is 2. The van der Waals surface area contributed by atoms with E-state index in [0.717, 1.165) is 5.56 Å². The van der Waals surface area contributed by atoms with Crippen molar-refractivity contribution in [3.8, 4) is 17.2 Å². The van der Waals surface area contributed by atoms with Gasteiger partial charge in [-0.2, -0.15) is 0 Å². The third-order valence-corrected chi connectivity index (χ3v) is 4.86. The van der Waals surface area contributed by atoms with Crippen LogP contribution in [0.5, 0.6) is 17.2 Å². The Morgan fingerprint density at radius 1 is 0.964 bits per heavy atom. The number of allylic oxidation sites excluding steroid dienone is 1. The van der Waals surface area contributed by atoms with Crippen LogP contribution in [0.25, 0.3) is 17.0 Å². The molecule has 4 rings (SSSR count). The summed E-state index contributed by atoms with van der Waals surface area (Å²) < 4.78 is 21.3. The van der Waals surface area contributed by atoms with Gasteiger partial charge in [-0.25, -0.2) is 0 Å². The largest absolute Gasteiger partial charge is 0.497 e. The normalized spacial score (nSPS) is 14.4. The minimum Gasteiger partial charge on any atom is -0.497 e. The third kappa shape index (κ3) is 2.83. The number of hydrogen-bond acceptors (Lipinski definition) is 6. The lowest BCUT2D eigenvalue weighted by Crippen LogP contribution is -2.06. The first-order chi connectivity index (χ1) is 13.5. The fraction of sp³-hybridized carbons (Fsp3) is 0.182. The van der Waals surface area contributed by atoms with Gasteiger partial charge in [-0.15, -0.1) is 0 Å². The third-order valence-electron chi connectivity index (χ3n) is 4.86. The van der Waals surface area contributed by atoms with Crippen LogP contribution < -0.4 is 19.6 Å². The number of ether oxygens (including phenoxy) is 3. The number of rotatable bonds is 4. The molecule has 0 atom stereocenters. The lowest BCUT2D eigenvalue weighted by Gasteiger charge is -2.08. The SMILES string of the molecule is COc1ccc2occ(C=C3Cc4cc(OC)c(OC)cc4C3=O)c(=O)c2c1. The molecule has 1 aromatic heterocycles. The molecule has 1 aliphatic carbocycles. The Morgan fingerprint density at radius 3 is 2.43 bits per heavy atom. The molecule has 0 radical (unpaired) electrons. The Morgan fingerprint density at radius 2 is 1.71 bits per heavy atom. The van der Waals surface area contributed by atoms with Crippen LogP contribution in [0.1, 0.15) is 21.5 Å². The van der Waals surface area contributed by atoms with Crippen molar-refractivity contribution in [2.24, 2.45) is 0 Å². The van der Waals surface area contributed by atoms with Crippen LogP contribution in [0.4, 0.5) is 0 Å². The van der Waals surface area contributed by atoms with Gasteiger partial charge in [-0.1, -0.05) is 0 Å². The fourth-order valence-corrected chi connectivity index (χ4v) is 3.39. The quantitative estimate of drug-likeness (QED) is 0.645. The molecule has 6 heteroatoms. The minimum atomic E-state index is -0.216. The van der Waals surface area contributed by atoms with E-state index >= 15 is 0 Å². The predicted molar refractivity (Wildman–Crippen MR) is 105 cm³/mol. The van der Waals surface area contributed by atoms with Crippen LogP contribution in [-0.4, -0.2) is 27.1 Å². The van der Waals surface area contributed by atoms with Crippen molar-refractivity contribution in [2.75, 3.05) is 21.3 Å². The molecule has 0 fully saturated rings. The summed E-state index contributed by atoms with van der Waals surface area (Å²) in [6.07, 6.45) is 3.37. The van der Waals surface area contributed by atoms with Crippen molar-refractivity contribution in [1.82, 2.24) is 0 Å². The highest BCUT2D eigenvalue weighted by Crippen LogP contribution is 2.37. The lowest BCUT2D eigenvalue weighted by molar-refractivity contribution is 0.104. The summed E-state index contributed by atoms with van der Waals surface area (Å²) in [7, 11) is 4.60. The van der Waals surface area contributed by atoms with Gasteiger partial charge in [0.2, 0.25) is 0 Å². The van der Waals surface area contributed by atoms with Gasteiger partial charge in [0, 0.05) is 17.6 Å². The van der Waals surface area contributed by atoms with Crippen LogP contribution in [-0.2, 0) is 6.42 Å². The zero-order chi connectivity index (χ0) is 19.8. The highest BCUT2D eigenvalue weighted by molar-refractivity contribution is 6.16. The van der Waals surface area contributed by atoms with E-state index in [1.165, 1.54) is 20.5 Å². The predicted octanol–water partition coefficient (Wildman–Crippen LogP) is 3.64. The molecular formula is C22H18O6. The van der Waals surface area contributed by atoms with Crippen molar-refractivity contribution < 1.29 is 23.4 Å². The Hall–Kier alpha value is -3.54. The summed E-state index contributed by atoms with van der Waals surface area (Å²) in [5, 5.41) is 0.403. The second-order valence-corrected chi connectivity index (χ2v) is 6.42. The van der Waals surface area contributed by atoms with Gasteiger partial charge < -0.3 is 18.6 Å². The molecular weight excluding hydrogens is 360 g/mol. The van der Waals surface area contributed by atoms with Crippen LogP contribution in [0.15, 0.2) is 51.4 Å². The Kier molecular flexibility index (Phi) is 4.39. The lowest BCUT2D eigenvalue weighted by atomic mass is 10.1. The second-order valence-electron chi connectivity index (χ2n) is 6.42. The van der Waals surface area contributed by atoms with Gasteiger partial charge in [0.15, 0.2) is 22.7 Å². The summed E-state index contributed by atoms with van der Waals surface area (Å²) in [5.74, 6) is 1.48. The maximum absolute atomic E-state index is 12.9. The summed E-state index contributed by atoms with van der Waals surface area (Å²) in [6, 6.07) is 8.50. The van der Waals surface area contributed by atoms with Gasteiger partial charge in [-0.3, -0.25) is 9.59 Å². The summed E-state index contributed by atoms with van der Waals surface area (Å²) in [6.45, 7) is 0. The summed E-state index contributed by atoms with van der Waals surface area (Å²) in [5.41, 5.74) is 2.46. The second kappa shape index (κ2) is 6.88. The van der Waals surface area contributed by atoms with E-state index in [9.17, 15) is 9.59 Å². The average Bonchev–Trinajstić information content (AvgIpc) is 3.03. The smallest absolute Gasteiger partial charge is 0.200 e. The molecule has 142 valence electrons. The molecule has 0 saturated carbocycles. The molecule has 0 amide bonds. The van der Waals surface area contributed by atoms with Crippen molar-refractivity contribution in [2.45, 2.75) is 6.42 Å². The molecule has 28 heavy (non-hydrogen) atoms. The fourth-order valence-electron chi connectivity index (χ4n) is 3.39. The first-order valence-corrected chi connectivity index (χ1v) is 8.65. The number of Topliss-reactive ketones (excluding diaryl/α,β-unsaturated/α-hetero) is 1. The number of ketones is 1. The van der Waals surface area contributed by atoms with Crippen molar-refractivity contribution >= 4 is 22.8 Å². The van der Waals surface area contributed by atoms with Crippen LogP contribution >= 0.6 is 0 Å². The molecule has 0 spiro atoms. The zero-order valence-electron chi connectivity index (χ0n) is 15.7. The van der Waals surface area contributed by atoms with E-state index < -0.39 is 0 Å². The van der Waals surface area contributed by atoms with Crippen molar-refractivity contribution in [1.29, 1.82) is 0 Å². The number of benzene rings is 2. The van der Waals surface area contributed by atoms with Gasteiger partial charge in [-0.05, 0) is 42.0 Å². The number of hydrogen-bond donors (Lipinski definition) is 0. The molecule has 0 N–H and O–H groups in total. The molecule has 0 bridgehead atoms. The monoisotopic (exact) mass is 378 g/mol. The first-order valence-electron chi connectivity index (χ1n) is 8.65. The molecule has 1 aliphatic rings. The minimum absolute atomic E-state index is 0.138. The van der Waals surface area contributed by atoms with E-state index in [4.69, 9.17) is 18.6 Å². The Balaban J connectivity index is 1.78. The van der Waals surface area contributed by atoms with Gasteiger partial charge in [0.05, 0.1) is 32.3 Å². The summed E-state index contributed by atoms with van der Waals surface area (Å²) >= 11 is 0. The average molecular weight is 378 g/mol. The molecule has 0 saturated heterocycles. The first kappa shape index (κ1) is 17.9. The highest BCUT2D eigenvalue weighted by atomic mass is 16.5. The van der Waals surface area contributed by atoms with Gasteiger partial charge in [0.25, 0.3) is 0 Å². The molecule has 0 aliphatic heterocycles. The standard InChI is InChI=1S/C22H18O6/c1-25-15-4-5-18-17(9-15)22(24)14(11-28-18)7-13-6-12-8-19(26-2)20(27-3)10-16(12)21(13)23/h4-5,7-11H,6H2,1-3H3. The van der Waals surface area contributed by atoms with Crippen LogP contribution in [0.2, 0.25) is 0 Å². The van der Waals surface area contributed by atoms with E-state index in [1.54, 1.807) is 43.5 Å². The van der Waals surface area contributed by atoms with Gasteiger partial charge in [0.1, 0.15) is 17.6 Å². The van der Waals surface area contributed by atoms with E-state index in [1.807, 2.05) is 0 Å². The highest BCUT2D eigenvalue weighted by Gasteiger charge is 2.27. The van der Waals surface area contributed by atoms with Crippen molar-refractivity contribution in [3.05, 3.63) is 69.1 Å². The van der Waals surface area contributed by atoms with E-state index in [-0.39, 0.29) is 11.2 Å². The topological polar surface area (TPSA) is 75.0 Å². The molecule has 0 unspecified atom stereocenters. The molecule has 3 aromatic rings.